The van der Waals surface area contributed by atoms with E-state index in [4.69, 9.17) is 34.8 Å². The van der Waals surface area contributed by atoms with Crippen LogP contribution in [0.25, 0.3) is 10.9 Å². The lowest BCUT2D eigenvalue weighted by atomic mass is 10.1. The topological polar surface area (TPSA) is 53.4 Å². The molecule has 1 heterocycles. The van der Waals surface area contributed by atoms with Crippen LogP contribution in [0.2, 0.25) is 0 Å². The van der Waals surface area contributed by atoms with Crippen molar-refractivity contribution in [1.82, 2.24) is 9.97 Å². The normalized spacial score (nSPS) is 11.9. The molecule has 152 valence electrons. The molecule has 0 bridgehead atoms. The summed E-state index contributed by atoms with van der Waals surface area (Å²) >= 11 is 18.0. The molecule has 0 fully saturated rings. The predicted molar refractivity (Wildman–Crippen MR) is 125 cm³/mol. The Morgan fingerprint density at radius 1 is 1.03 bits per heavy atom. The summed E-state index contributed by atoms with van der Waals surface area (Å²) in [5, 5.41) is 5.12. The van der Waals surface area contributed by atoms with E-state index in [0.717, 1.165) is 29.6 Å². The zero-order valence-electron chi connectivity index (χ0n) is 16.5. The second kappa shape index (κ2) is 9.16. The van der Waals surface area contributed by atoms with Crippen LogP contribution in [0, 0.1) is 6.92 Å². The lowest BCUT2D eigenvalue weighted by Crippen LogP contribution is -2.21. The zero-order valence-corrected chi connectivity index (χ0v) is 18.7. The van der Waals surface area contributed by atoms with E-state index < -0.39 is 3.79 Å². The van der Waals surface area contributed by atoms with Gasteiger partial charge in [-0.25, -0.2) is 9.97 Å². The largest absolute Gasteiger partial charge is 0.372 e. The van der Waals surface area contributed by atoms with E-state index in [0.29, 0.717) is 11.3 Å². The van der Waals surface area contributed by atoms with E-state index in [-0.39, 0.29) is 5.82 Å². The Morgan fingerprint density at radius 2 is 1.72 bits per heavy atom. The lowest BCUT2D eigenvalue weighted by Gasteiger charge is -2.20. The van der Waals surface area contributed by atoms with Gasteiger partial charge in [-0.15, -0.1) is 0 Å². The van der Waals surface area contributed by atoms with Crippen LogP contribution in [-0.2, 0) is 3.79 Å². The minimum Gasteiger partial charge on any atom is -0.372 e. The molecule has 3 aromatic rings. The molecule has 0 spiro atoms. The van der Waals surface area contributed by atoms with Gasteiger partial charge in [0.25, 0.3) is 0 Å². The van der Waals surface area contributed by atoms with Gasteiger partial charge in [-0.1, -0.05) is 58.6 Å². The first kappa shape index (κ1) is 21.6. The molecule has 0 saturated carbocycles. The minimum absolute atomic E-state index is 0.0973. The Labute approximate surface area is 185 Å². The Kier molecular flexibility index (Phi) is 6.83. The number of aryl methyl sites for hydroxylation is 1. The summed E-state index contributed by atoms with van der Waals surface area (Å²) in [6, 6.07) is 14.0. The van der Waals surface area contributed by atoms with Crippen LogP contribution in [0.5, 0.6) is 0 Å². The second-order valence-corrected chi connectivity index (χ2v) is 8.83. The number of rotatable bonds is 6. The Bertz CT molecular complexity index is 1010. The highest BCUT2D eigenvalue weighted by molar-refractivity contribution is 6.66. The van der Waals surface area contributed by atoms with Crippen molar-refractivity contribution in [3.05, 3.63) is 59.4 Å². The van der Waals surface area contributed by atoms with Crippen LogP contribution in [0.4, 0.5) is 11.5 Å². The third-order valence-corrected chi connectivity index (χ3v) is 5.02. The van der Waals surface area contributed by atoms with Gasteiger partial charge in [-0.3, -0.25) is 5.43 Å². The molecule has 5 nitrogen and oxygen atoms in total. The van der Waals surface area contributed by atoms with Crippen LogP contribution >= 0.6 is 34.8 Å². The van der Waals surface area contributed by atoms with E-state index in [1.54, 1.807) is 6.21 Å². The first-order valence-corrected chi connectivity index (χ1v) is 10.4. The number of nitrogens with one attached hydrogen (secondary N) is 1. The monoisotopic (exact) mass is 449 g/mol. The van der Waals surface area contributed by atoms with Crippen LogP contribution in [0.15, 0.2) is 47.6 Å². The number of anilines is 2. The first-order valence-electron chi connectivity index (χ1n) is 9.31. The quantitative estimate of drug-likeness (QED) is 0.282. The highest BCUT2D eigenvalue weighted by atomic mass is 35.6. The van der Waals surface area contributed by atoms with Gasteiger partial charge in [-0.05, 0) is 50.6 Å². The van der Waals surface area contributed by atoms with Gasteiger partial charge in [0.2, 0.25) is 3.79 Å². The van der Waals surface area contributed by atoms with Gasteiger partial charge in [0.15, 0.2) is 11.6 Å². The molecule has 0 amide bonds. The number of hydrazone groups is 1. The summed E-state index contributed by atoms with van der Waals surface area (Å²) in [5.41, 5.74) is 6.86. The van der Waals surface area contributed by atoms with Gasteiger partial charge in [0.1, 0.15) is 0 Å². The Balaban J connectivity index is 1.86. The molecular formula is C21H22Cl3N5. The number of hydrogen-bond acceptors (Lipinski definition) is 5. The molecular weight excluding hydrogens is 429 g/mol. The van der Waals surface area contributed by atoms with Crippen molar-refractivity contribution in [1.29, 1.82) is 0 Å². The van der Waals surface area contributed by atoms with Crippen molar-refractivity contribution < 1.29 is 0 Å². The zero-order chi connectivity index (χ0) is 21.0. The summed E-state index contributed by atoms with van der Waals surface area (Å²) < 4.78 is -1.72. The molecule has 8 heteroatoms. The molecule has 0 saturated heterocycles. The average Bonchev–Trinajstić information content (AvgIpc) is 2.69. The standard InChI is InChI=1S/C21H22Cl3N5/c1-4-29(5-2)16-9-7-15(8-10-16)13-25-28-19-17-12-14(3)6-11-18(17)26-20(27-19)21(22,23)24/h6-13H,4-5H2,1-3H3,(H,26,27,28)/b25-13+. The van der Waals surface area contributed by atoms with E-state index >= 15 is 0 Å². The summed E-state index contributed by atoms with van der Waals surface area (Å²) in [7, 11) is 0. The van der Waals surface area contributed by atoms with Crippen LogP contribution < -0.4 is 10.3 Å². The SMILES string of the molecule is CCN(CC)c1ccc(/C=N/Nc2nc(C(Cl)(Cl)Cl)nc3ccc(C)cc23)cc1. The fourth-order valence-electron chi connectivity index (χ4n) is 2.98. The fourth-order valence-corrected chi connectivity index (χ4v) is 3.24. The first-order chi connectivity index (χ1) is 13.8. The number of halogens is 3. The third-order valence-electron chi connectivity index (χ3n) is 4.51. The smallest absolute Gasteiger partial charge is 0.250 e. The fraction of sp³-hybridized carbons (Fsp3) is 0.286. The number of benzene rings is 2. The summed E-state index contributed by atoms with van der Waals surface area (Å²) in [6.07, 6.45) is 1.73. The lowest BCUT2D eigenvalue weighted by molar-refractivity contribution is 0.866. The van der Waals surface area contributed by atoms with Crippen molar-refractivity contribution in [2.75, 3.05) is 23.4 Å². The number of hydrogen-bond donors (Lipinski definition) is 1. The van der Waals surface area contributed by atoms with E-state index in [1.165, 1.54) is 5.69 Å². The number of nitrogens with zero attached hydrogens (tertiary/aromatic N) is 4. The van der Waals surface area contributed by atoms with Crippen LogP contribution in [-0.4, -0.2) is 29.3 Å². The van der Waals surface area contributed by atoms with Crippen LogP contribution in [0.3, 0.4) is 0 Å². The van der Waals surface area contributed by atoms with Crippen molar-refractivity contribution >= 4 is 63.4 Å². The van der Waals surface area contributed by atoms with Crippen molar-refractivity contribution in [2.24, 2.45) is 5.10 Å². The van der Waals surface area contributed by atoms with Crippen molar-refractivity contribution in [2.45, 2.75) is 24.6 Å². The van der Waals surface area contributed by atoms with E-state index in [2.05, 4.69) is 51.4 Å². The molecule has 3 rings (SSSR count). The predicted octanol–water partition coefficient (Wildman–Crippen LogP) is 6.06. The molecule has 0 aliphatic heterocycles. The average molecular weight is 451 g/mol. The van der Waals surface area contributed by atoms with Gasteiger partial charge in [0.05, 0.1) is 11.7 Å². The molecule has 29 heavy (non-hydrogen) atoms. The Hall–Kier alpha value is -2.08. The molecule has 0 atom stereocenters. The molecule has 2 aromatic carbocycles. The molecule has 1 N–H and O–H groups in total. The van der Waals surface area contributed by atoms with Crippen molar-refractivity contribution in [3.8, 4) is 0 Å². The van der Waals surface area contributed by atoms with Gasteiger partial charge in [-0.2, -0.15) is 5.10 Å². The summed E-state index contributed by atoms with van der Waals surface area (Å²) in [6.45, 7) is 8.21. The highest BCUT2D eigenvalue weighted by Crippen LogP contribution is 2.37. The minimum atomic E-state index is -1.72. The van der Waals surface area contributed by atoms with Gasteiger partial charge < -0.3 is 4.90 Å². The maximum atomic E-state index is 5.99. The molecule has 1 aromatic heterocycles. The summed E-state index contributed by atoms with van der Waals surface area (Å²) in [5.74, 6) is 0.580. The molecule has 0 radical (unpaired) electrons. The maximum absolute atomic E-state index is 5.99. The second-order valence-electron chi connectivity index (χ2n) is 6.55. The third kappa shape index (κ3) is 5.30. The highest BCUT2D eigenvalue weighted by Gasteiger charge is 2.28. The number of fused-ring (bicyclic) bond motifs is 1. The maximum Gasteiger partial charge on any atom is 0.250 e. The number of aromatic nitrogens is 2. The number of alkyl halides is 3. The Morgan fingerprint density at radius 3 is 2.34 bits per heavy atom. The molecule has 0 aliphatic carbocycles. The summed E-state index contributed by atoms with van der Waals surface area (Å²) in [4.78, 5) is 11.0. The van der Waals surface area contributed by atoms with Crippen LogP contribution in [0.1, 0.15) is 30.8 Å². The van der Waals surface area contributed by atoms with Gasteiger partial charge >= 0.3 is 0 Å². The van der Waals surface area contributed by atoms with E-state index in [9.17, 15) is 0 Å². The molecule has 0 unspecified atom stereocenters. The van der Waals surface area contributed by atoms with Gasteiger partial charge in [0, 0.05) is 24.2 Å². The molecule has 0 aliphatic rings. The van der Waals surface area contributed by atoms with E-state index in [1.807, 2.05) is 37.3 Å². The van der Waals surface area contributed by atoms with Crippen molar-refractivity contribution in [3.63, 3.8) is 0 Å².